The minimum absolute atomic E-state index is 0.0334. The van der Waals surface area contributed by atoms with Gasteiger partial charge in [-0.05, 0) is 47.2 Å². The summed E-state index contributed by atoms with van der Waals surface area (Å²) in [7, 11) is -3.62. The summed E-state index contributed by atoms with van der Waals surface area (Å²) in [5, 5.41) is -0.331. The van der Waals surface area contributed by atoms with Crippen LogP contribution in [0.5, 0.6) is 0 Å². The van der Waals surface area contributed by atoms with E-state index in [-0.39, 0.29) is 4.99 Å². The first-order valence-electron chi connectivity index (χ1n) is 5.04. The van der Waals surface area contributed by atoms with Gasteiger partial charge in [-0.15, -0.1) is 0 Å². The van der Waals surface area contributed by atoms with E-state index in [1.54, 1.807) is 25.1 Å². The number of anilines is 1. The topological polar surface area (TPSA) is 72.2 Å². The Bertz CT molecular complexity index is 563. The van der Waals surface area contributed by atoms with E-state index in [4.69, 9.17) is 29.6 Å². The molecule has 3 N–H and O–H groups in total. The van der Waals surface area contributed by atoms with Gasteiger partial charge in [-0.3, -0.25) is 4.72 Å². The molecule has 0 bridgehead atoms. The lowest BCUT2D eigenvalue weighted by molar-refractivity contribution is 0.594. The normalized spacial score (nSPS) is 13.1. The Balaban J connectivity index is 3.05. The van der Waals surface area contributed by atoms with Gasteiger partial charge in [-0.25, -0.2) is 8.42 Å². The summed E-state index contributed by atoms with van der Waals surface area (Å²) >= 11 is 12.6. The van der Waals surface area contributed by atoms with Crippen molar-refractivity contribution in [1.29, 1.82) is 0 Å². The molecule has 0 aromatic heterocycles. The first-order chi connectivity index (χ1) is 8.27. The van der Waals surface area contributed by atoms with Crippen LogP contribution in [0.2, 0.25) is 5.02 Å². The summed E-state index contributed by atoms with van der Waals surface area (Å²) in [4.78, 5) is -0.0334. The van der Waals surface area contributed by atoms with E-state index < -0.39 is 15.3 Å². The lowest BCUT2D eigenvalue weighted by Gasteiger charge is -2.16. The van der Waals surface area contributed by atoms with Crippen LogP contribution in [0.25, 0.3) is 0 Å². The van der Waals surface area contributed by atoms with E-state index >= 15 is 0 Å². The number of rotatable bonds is 5. The molecule has 0 saturated carbocycles. The lowest BCUT2D eigenvalue weighted by Crippen LogP contribution is -2.37. The van der Waals surface area contributed by atoms with E-state index in [1.165, 1.54) is 0 Å². The van der Waals surface area contributed by atoms with Crippen molar-refractivity contribution in [1.82, 2.24) is 0 Å². The van der Waals surface area contributed by atoms with Gasteiger partial charge in [0.15, 0.2) is 0 Å². The van der Waals surface area contributed by atoms with Crippen molar-refractivity contribution in [2.75, 3.05) is 4.72 Å². The number of sulfonamides is 1. The predicted molar refractivity (Wildman–Crippen MR) is 87.6 cm³/mol. The zero-order valence-electron chi connectivity index (χ0n) is 9.48. The molecule has 4 nitrogen and oxygen atoms in total. The highest BCUT2D eigenvalue weighted by Gasteiger charge is 2.26. The van der Waals surface area contributed by atoms with Crippen molar-refractivity contribution in [3.05, 3.63) is 26.8 Å². The first-order valence-corrected chi connectivity index (χ1v) is 8.45. The van der Waals surface area contributed by atoms with Gasteiger partial charge < -0.3 is 5.73 Å². The molecule has 0 saturated heterocycles. The number of hydrogen-bond acceptors (Lipinski definition) is 3. The third kappa shape index (κ3) is 3.94. The average Bonchev–Trinajstić information content (AvgIpc) is 2.22. The highest BCUT2D eigenvalue weighted by molar-refractivity contribution is 14.1. The number of benzene rings is 1. The molecule has 0 radical (unpaired) electrons. The molecule has 0 fully saturated rings. The van der Waals surface area contributed by atoms with Gasteiger partial charge in [-0.1, -0.05) is 30.7 Å². The third-order valence-corrected chi connectivity index (χ3v) is 5.65. The molecule has 1 aromatic carbocycles. The van der Waals surface area contributed by atoms with Gasteiger partial charge in [0.25, 0.3) is 0 Å². The number of halogens is 2. The van der Waals surface area contributed by atoms with E-state index in [0.29, 0.717) is 20.7 Å². The molecular formula is C10H12ClIN2O2S2. The molecular weight excluding hydrogens is 407 g/mol. The average molecular weight is 419 g/mol. The smallest absolute Gasteiger partial charge is 0.242 e. The lowest BCUT2D eigenvalue weighted by atomic mass is 10.3. The van der Waals surface area contributed by atoms with Crippen LogP contribution in [0, 0.1) is 3.57 Å². The van der Waals surface area contributed by atoms with Crippen LogP contribution in [0.1, 0.15) is 13.3 Å². The minimum Gasteiger partial charge on any atom is -0.392 e. The van der Waals surface area contributed by atoms with Crippen LogP contribution in [-0.2, 0) is 10.0 Å². The van der Waals surface area contributed by atoms with Gasteiger partial charge in [0.05, 0.1) is 10.7 Å². The van der Waals surface area contributed by atoms with Crippen molar-refractivity contribution in [2.45, 2.75) is 18.6 Å². The Labute approximate surface area is 130 Å². The molecule has 1 rings (SSSR count). The fourth-order valence-electron chi connectivity index (χ4n) is 1.37. The second-order valence-electron chi connectivity index (χ2n) is 3.57. The molecule has 100 valence electrons. The van der Waals surface area contributed by atoms with Crippen molar-refractivity contribution in [2.24, 2.45) is 5.73 Å². The van der Waals surface area contributed by atoms with Crippen LogP contribution in [0.15, 0.2) is 18.2 Å². The monoisotopic (exact) mass is 418 g/mol. The second-order valence-corrected chi connectivity index (χ2v) is 7.50. The largest absolute Gasteiger partial charge is 0.392 e. The molecule has 0 heterocycles. The first kappa shape index (κ1) is 15.9. The standard InChI is InChI=1S/C10H12ClIN2O2S2/c1-2-9(10(13)17)18(15,16)14-8-4-3-6(11)5-7(8)12/h3-5,9,14H,2H2,1H3,(H2,13,17). The summed E-state index contributed by atoms with van der Waals surface area (Å²) in [5.74, 6) is 0. The zero-order valence-corrected chi connectivity index (χ0v) is 14.0. The predicted octanol–water partition coefficient (Wildman–Crippen LogP) is 2.75. The zero-order chi connectivity index (χ0) is 13.9. The van der Waals surface area contributed by atoms with Crippen molar-refractivity contribution in [3.8, 4) is 0 Å². The molecule has 1 aromatic rings. The Kier molecular flexibility index (Phi) is 5.63. The Morgan fingerprint density at radius 2 is 2.22 bits per heavy atom. The molecule has 1 atom stereocenters. The van der Waals surface area contributed by atoms with E-state index in [9.17, 15) is 8.42 Å². The Hall–Kier alpha value is -0.120. The number of nitrogens with one attached hydrogen (secondary N) is 1. The van der Waals surface area contributed by atoms with E-state index in [0.717, 1.165) is 0 Å². The van der Waals surface area contributed by atoms with Gasteiger partial charge in [0, 0.05) is 8.59 Å². The van der Waals surface area contributed by atoms with Crippen LogP contribution in [0.3, 0.4) is 0 Å². The van der Waals surface area contributed by atoms with Crippen molar-refractivity contribution in [3.63, 3.8) is 0 Å². The fourth-order valence-corrected chi connectivity index (χ4v) is 4.48. The third-order valence-electron chi connectivity index (χ3n) is 2.25. The summed E-state index contributed by atoms with van der Waals surface area (Å²) in [5.41, 5.74) is 5.91. The highest BCUT2D eigenvalue weighted by Crippen LogP contribution is 2.24. The summed E-state index contributed by atoms with van der Waals surface area (Å²) in [6.07, 6.45) is 0.328. The van der Waals surface area contributed by atoms with Crippen molar-refractivity contribution < 1.29 is 8.42 Å². The highest BCUT2D eigenvalue weighted by atomic mass is 127. The van der Waals surface area contributed by atoms with Gasteiger partial charge in [-0.2, -0.15) is 0 Å². The number of thiocarbonyl (C=S) groups is 1. The Morgan fingerprint density at radius 3 is 2.67 bits per heavy atom. The van der Waals surface area contributed by atoms with Crippen LogP contribution in [-0.4, -0.2) is 18.7 Å². The van der Waals surface area contributed by atoms with Gasteiger partial charge >= 0.3 is 0 Å². The fraction of sp³-hybridized carbons (Fsp3) is 0.300. The van der Waals surface area contributed by atoms with Gasteiger partial charge in [0.2, 0.25) is 10.0 Å². The molecule has 0 spiro atoms. The number of nitrogens with two attached hydrogens (primary N) is 1. The Morgan fingerprint density at radius 1 is 1.61 bits per heavy atom. The van der Waals surface area contributed by atoms with E-state index in [2.05, 4.69) is 4.72 Å². The van der Waals surface area contributed by atoms with E-state index in [1.807, 2.05) is 22.6 Å². The van der Waals surface area contributed by atoms with Crippen LogP contribution < -0.4 is 10.5 Å². The summed E-state index contributed by atoms with van der Waals surface area (Å²) in [6.45, 7) is 1.72. The summed E-state index contributed by atoms with van der Waals surface area (Å²) in [6, 6.07) is 4.89. The van der Waals surface area contributed by atoms with Crippen LogP contribution >= 0.6 is 46.4 Å². The maximum atomic E-state index is 12.1. The molecule has 0 aliphatic heterocycles. The van der Waals surface area contributed by atoms with Gasteiger partial charge in [0.1, 0.15) is 5.25 Å². The van der Waals surface area contributed by atoms with Crippen LogP contribution in [0.4, 0.5) is 5.69 Å². The molecule has 18 heavy (non-hydrogen) atoms. The molecule has 0 aliphatic rings. The van der Waals surface area contributed by atoms with Crippen molar-refractivity contribution >= 4 is 67.1 Å². The molecule has 0 amide bonds. The maximum Gasteiger partial charge on any atom is 0.242 e. The second kappa shape index (κ2) is 6.36. The summed E-state index contributed by atoms with van der Waals surface area (Å²) < 4.78 is 27.4. The molecule has 0 aliphatic carbocycles. The quantitative estimate of drug-likeness (QED) is 0.570. The molecule has 8 heteroatoms. The maximum absolute atomic E-state index is 12.1. The number of hydrogen-bond donors (Lipinski definition) is 2. The minimum atomic E-state index is -3.62. The SMILES string of the molecule is CCC(C(N)=S)S(=O)(=O)Nc1ccc(Cl)cc1I. The molecule has 1 unspecified atom stereocenters.